The Labute approximate surface area is 214 Å². The number of hydrogen-bond acceptors (Lipinski definition) is 9. The first-order valence-corrected chi connectivity index (χ1v) is 13.4. The summed E-state index contributed by atoms with van der Waals surface area (Å²) in [6.45, 7) is 1.85. The van der Waals surface area contributed by atoms with Gasteiger partial charge in [0.1, 0.15) is 11.2 Å². The molecule has 37 heavy (non-hydrogen) atoms. The van der Waals surface area contributed by atoms with Crippen molar-refractivity contribution < 1.29 is 22.0 Å². The molecule has 1 fully saturated rings. The van der Waals surface area contributed by atoms with E-state index in [1.165, 1.54) is 44.9 Å². The van der Waals surface area contributed by atoms with Crippen molar-refractivity contribution in [1.29, 1.82) is 0 Å². The van der Waals surface area contributed by atoms with Gasteiger partial charge in [-0.25, -0.2) is 36.7 Å². The number of aromatic nitrogens is 6. The molecule has 0 bridgehead atoms. The predicted molar refractivity (Wildman–Crippen MR) is 131 cm³/mol. The summed E-state index contributed by atoms with van der Waals surface area (Å²) in [6.07, 6.45) is 4.36. The second kappa shape index (κ2) is 9.11. The fourth-order valence-electron chi connectivity index (χ4n) is 3.81. The van der Waals surface area contributed by atoms with Gasteiger partial charge in [0.2, 0.25) is 10.0 Å². The van der Waals surface area contributed by atoms with Crippen molar-refractivity contribution in [3.05, 3.63) is 41.7 Å². The number of rotatable bonds is 8. The lowest BCUT2D eigenvalue weighted by atomic mass is 10.2. The lowest BCUT2D eigenvalue weighted by Crippen LogP contribution is -2.34. The van der Waals surface area contributed by atoms with Gasteiger partial charge in [-0.15, -0.1) is 10.2 Å². The number of anilines is 1. The summed E-state index contributed by atoms with van der Waals surface area (Å²) >= 11 is 0.658. The van der Waals surface area contributed by atoms with Gasteiger partial charge < -0.3 is 10.2 Å². The number of alkyl halides is 2. The highest BCUT2D eigenvalue weighted by molar-refractivity contribution is 7.89. The third-order valence-electron chi connectivity index (χ3n) is 6.00. The average molecular weight is 552 g/mol. The van der Waals surface area contributed by atoms with Crippen molar-refractivity contribution in [3.63, 3.8) is 0 Å². The van der Waals surface area contributed by atoms with Crippen LogP contribution >= 0.6 is 11.3 Å². The Bertz CT molecular complexity index is 1580. The van der Waals surface area contributed by atoms with Crippen molar-refractivity contribution in [2.24, 2.45) is 0 Å². The second-order valence-corrected chi connectivity index (χ2v) is 11.7. The zero-order valence-electron chi connectivity index (χ0n) is 20.0. The molecule has 5 rings (SSSR count). The summed E-state index contributed by atoms with van der Waals surface area (Å²) in [6, 6.07) is 1.10. The van der Waals surface area contributed by atoms with E-state index in [4.69, 9.17) is 0 Å². The molecule has 1 saturated carbocycles. The molecule has 0 aromatic carbocycles. The minimum Gasteiger partial charge on any atom is -0.386 e. The van der Waals surface area contributed by atoms with E-state index in [9.17, 15) is 22.0 Å². The summed E-state index contributed by atoms with van der Waals surface area (Å²) in [5.41, 5.74) is 0.779. The molecule has 12 nitrogen and oxygen atoms in total. The SMILES string of the molecule is CNc1cc(S(=O)(=O)NC2(C)CC2)cn2c(-c3nnc(C(F)F)s3)nc(CN(C)C(=O)n3ccnc3)c12. The Kier molecular flexibility index (Phi) is 6.19. The summed E-state index contributed by atoms with van der Waals surface area (Å²) in [4.78, 5) is 22.6. The van der Waals surface area contributed by atoms with E-state index >= 15 is 0 Å². The number of carbonyl (C=O) groups is 1. The Balaban J connectivity index is 1.65. The number of fused-ring (bicyclic) bond motifs is 1. The van der Waals surface area contributed by atoms with Crippen LogP contribution in [0.25, 0.3) is 16.3 Å². The van der Waals surface area contributed by atoms with E-state index in [0.29, 0.717) is 28.2 Å². The molecule has 16 heteroatoms. The summed E-state index contributed by atoms with van der Waals surface area (Å²) in [5, 5.41) is 10.0. The maximum atomic E-state index is 13.2. The molecule has 196 valence electrons. The molecular formula is C21H23F2N9O3S2. The number of imidazole rings is 2. The van der Waals surface area contributed by atoms with Gasteiger partial charge in [0, 0.05) is 38.2 Å². The first kappa shape index (κ1) is 25.2. The molecule has 4 aromatic rings. The largest absolute Gasteiger partial charge is 0.386 e. The molecule has 1 aliphatic carbocycles. The van der Waals surface area contributed by atoms with Gasteiger partial charge in [-0.2, -0.15) is 0 Å². The Morgan fingerprint density at radius 3 is 2.68 bits per heavy atom. The predicted octanol–water partition coefficient (Wildman–Crippen LogP) is 2.96. The number of carbonyl (C=O) groups excluding carboxylic acids is 1. The van der Waals surface area contributed by atoms with Gasteiger partial charge in [0.15, 0.2) is 15.8 Å². The number of nitrogens with one attached hydrogen (secondary N) is 2. The van der Waals surface area contributed by atoms with E-state index in [2.05, 4.69) is 30.2 Å². The van der Waals surface area contributed by atoms with Crippen molar-refractivity contribution in [2.75, 3.05) is 19.4 Å². The topological polar surface area (TPSA) is 139 Å². The van der Waals surface area contributed by atoms with Gasteiger partial charge >= 0.3 is 6.03 Å². The maximum Gasteiger partial charge on any atom is 0.329 e. The third kappa shape index (κ3) is 4.78. The van der Waals surface area contributed by atoms with Crippen molar-refractivity contribution >= 4 is 38.6 Å². The van der Waals surface area contributed by atoms with E-state index in [1.54, 1.807) is 14.1 Å². The minimum atomic E-state index is -3.91. The highest BCUT2D eigenvalue weighted by Gasteiger charge is 2.41. The smallest absolute Gasteiger partial charge is 0.329 e. The number of amides is 1. The van der Waals surface area contributed by atoms with Crippen molar-refractivity contribution in [1.82, 2.24) is 38.8 Å². The first-order chi connectivity index (χ1) is 17.5. The van der Waals surface area contributed by atoms with Gasteiger partial charge in [-0.05, 0) is 25.8 Å². The minimum absolute atomic E-state index is 0.0259. The van der Waals surface area contributed by atoms with E-state index in [-0.39, 0.29) is 28.3 Å². The number of hydrogen-bond donors (Lipinski definition) is 2. The summed E-state index contributed by atoms with van der Waals surface area (Å²) < 4.78 is 58.4. The summed E-state index contributed by atoms with van der Waals surface area (Å²) in [5.74, 6) is 0.129. The van der Waals surface area contributed by atoms with Crippen LogP contribution in [0.2, 0.25) is 0 Å². The molecule has 4 aromatic heterocycles. The maximum absolute atomic E-state index is 13.2. The van der Waals surface area contributed by atoms with Gasteiger partial charge in [0.25, 0.3) is 6.43 Å². The molecule has 0 unspecified atom stereocenters. The standard InChI is InChI=1S/C21H23F2N9O3S2/c1-21(4-5-21)29-37(34,35)12-8-13(24-2)15-14(10-30(3)20(33)31-7-6-25-11-31)26-17(32(15)9-12)19-28-27-18(36-19)16(22)23/h6-9,11,16,24,29H,4-5,10H2,1-3H3. The molecular weight excluding hydrogens is 528 g/mol. The van der Waals surface area contributed by atoms with E-state index in [0.717, 1.165) is 12.8 Å². The third-order valence-corrected chi connectivity index (χ3v) is 8.53. The fraction of sp³-hybridized carbons (Fsp3) is 0.381. The van der Waals surface area contributed by atoms with Crippen LogP contribution < -0.4 is 10.0 Å². The molecule has 0 radical (unpaired) electrons. The Hall–Kier alpha value is -3.50. The number of pyridine rings is 1. The summed E-state index contributed by atoms with van der Waals surface area (Å²) in [7, 11) is -0.712. The molecule has 0 saturated heterocycles. The molecule has 0 aliphatic heterocycles. The molecule has 0 atom stereocenters. The molecule has 1 aliphatic rings. The lowest BCUT2D eigenvalue weighted by molar-refractivity contribution is 0.150. The number of halogens is 2. The van der Waals surface area contributed by atoms with E-state index < -0.39 is 27.0 Å². The molecule has 0 spiro atoms. The van der Waals surface area contributed by atoms with Crippen LogP contribution in [0.15, 0.2) is 35.9 Å². The molecule has 1 amide bonds. The van der Waals surface area contributed by atoms with Gasteiger partial charge in [-0.1, -0.05) is 11.3 Å². The van der Waals surface area contributed by atoms with Crippen LogP contribution in [0.3, 0.4) is 0 Å². The van der Waals surface area contributed by atoms with Crippen molar-refractivity contribution in [2.45, 2.75) is 43.2 Å². The van der Waals surface area contributed by atoms with Crippen LogP contribution in [0, 0.1) is 0 Å². The number of sulfonamides is 1. The van der Waals surface area contributed by atoms with Crippen LogP contribution in [0.1, 0.15) is 36.9 Å². The molecule has 2 N–H and O–H groups in total. The number of nitrogens with zero attached hydrogens (tertiary/aromatic N) is 7. The second-order valence-electron chi connectivity index (χ2n) is 8.96. The highest BCUT2D eigenvalue weighted by atomic mass is 32.2. The first-order valence-electron chi connectivity index (χ1n) is 11.1. The molecule has 4 heterocycles. The van der Waals surface area contributed by atoms with Crippen LogP contribution in [-0.2, 0) is 16.6 Å². The van der Waals surface area contributed by atoms with Crippen molar-refractivity contribution in [3.8, 4) is 10.8 Å². The van der Waals surface area contributed by atoms with Crippen LogP contribution in [-0.4, -0.2) is 68.1 Å². The average Bonchev–Trinajstić information content (AvgIpc) is 3.32. The Morgan fingerprint density at radius 2 is 2.08 bits per heavy atom. The monoisotopic (exact) mass is 551 g/mol. The lowest BCUT2D eigenvalue weighted by Gasteiger charge is -2.17. The zero-order valence-corrected chi connectivity index (χ0v) is 21.6. The van der Waals surface area contributed by atoms with E-state index in [1.807, 2.05) is 6.92 Å². The van der Waals surface area contributed by atoms with Gasteiger partial charge in [0.05, 0.1) is 23.4 Å². The van der Waals surface area contributed by atoms with Crippen LogP contribution in [0.5, 0.6) is 0 Å². The fourth-order valence-corrected chi connectivity index (χ4v) is 5.99. The normalized spacial score (nSPS) is 14.9. The Morgan fingerprint density at radius 1 is 1.32 bits per heavy atom. The van der Waals surface area contributed by atoms with Gasteiger partial charge in [-0.3, -0.25) is 8.97 Å². The zero-order chi connectivity index (χ0) is 26.5. The quantitative estimate of drug-likeness (QED) is 0.341. The van der Waals surface area contributed by atoms with Crippen LogP contribution in [0.4, 0.5) is 19.3 Å². The highest BCUT2D eigenvalue weighted by Crippen LogP contribution is 2.37.